The van der Waals surface area contributed by atoms with Crippen molar-refractivity contribution < 1.29 is 13.9 Å². The van der Waals surface area contributed by atoms with Gasteiger partial charge in [-0.1, -0.05) is 5.11 Å². The molecule has 0 heterocycles. The lowest BCUT2D eigenvalue weighted by atomic mass is 10.1. The molecule has 0 bridgehead atoms. The predicted molar refractivity (Wildman–Crippen MR) is 45.3 cm³/mol. The lowest BCUT2D eigenvalue weighted by molar-refractivity contribution is 0.265. The Labute approximate surface area is 78.4 Å². The van der Waals surface area contributed by atoms with Gasteiger partial charge in [0.25, 0.3) is 0 Å². The van der Waals surface area contributed by atoms with E-state index >= 15 is 0 Å². The molecule has 0 aliphatic carbocycles. The molecule has 0 aliphatic heterocycles. The molecule has 0 fully saturated rings. The minimum atomic E-state index is -1.09. The standard InChI is InChI=1S/C8H7F2N3O/c9-5-1-2-7(10)6(3-5)8(4-14)12-13-11/h1-3,8,14H,4H2. The van der Waals surface area contributed by atoms with Gasteiger partial charge in [-0.15, -0.1) is 0 Å². The zero-order valence-corrected chi connectivity index (χ0v) is 7.06. The number of hydrogen-bond donors (Lipinski definition) is 1. The summed E-state index contributed by atoms with van der Waals surface area (Å²) in [5.74, 6) is -1.36. The van der Waals surface area contributed by atoms with Crippen LogP contribution in [0.1, 0.15) is 11.6 Å². The zero-order chi connectivity index (χ0) is 10.6. The van der Waals surface area contributed by atoms with Crippen molar-refractivity contribution in [3.05, 3.63) is 45.8 Å². The third-order valence-corrected chi connectivity index (χ3v) is 1.68. The van der Waals surface area contributed by atoms with E-state index in [0.717, 1.165) is 18.2 Å². The van der Waals surface area contributed by atoms with E-state index in [0.29, 0.717) is 0 Å². The number of aliphatic hydroxyl groups is 1. The Kier molecular flexibility index (Phi) is 3.39. The number of benzene rings is 1. The van der Waals surface area contributed by atoms with Gasteiger partial charge in [-0.05, 0) is 23.7 Å². The van der Waals surface area contributed by atoms with Gasteiger partial charge >= 0.3 is 0 Å². The molecule has 1 atom stereocenters. The third kappa shape index (κ3) is 2.18. The highest BCUT2D eigenvalue weighted by atomic mass is 19.1. The number of rotatable bonds is 3. The van der Waals surface area contributed by atoms with Gasteiger partial charge in [-0.25, -0.2) is 8.78 Å². The lowest BCUT2D eigenvalue weighted by Crippen LogP contribution is -2.03. The predicted octanol–water partition coefficient (Wildman–Crippen LogP) is 2.31. The van der Waals surface area contributed by atoms with Crippen LogP contribution < -0.4 is 0 Å². The minimum Gasteiger partial charge on any atom is -0.396 e. The van der Waals surface area contributed by atoms with Crippen LogP contribution in [-0.2, 0) is 0 Å². The molecule has 1 unspecified atom stereocenters. The van der Waals surface area contributed by atoms with Gasteiger partial charge in [-0.3, -0.25) is 0 Å². The fourth-order valence-electron chi connectivity index (χ4n) is 1.03. The van der Waals surface area contributed by atoms with Crippen LogP contribution in [0, 0.1) is 11.6 Å². The average molecular weight is 199 g/mol. The molecular formula is C8H7F2N3O. The quantitative estimate of drug-likeness (QED) is 0.453. The molecule has 1 aromatic rings. The largest absolute Gasteiger partial charge is 0.396 e. The van der Waals surface area contributed by atoms with Crippen molar-refractivity contribution in [1.82, 2.24) is 0 Å². The van der Waals surface area contributed by atoms with E-state index in [2.05, 4.69) is 10.0 Å². The van der Waals surface area contributed by atoms with Gasteiger partial charge < -0.3 is 5.11 Å². The lowest BCUT2D eigenvalue weighted by Gasteiger charge is -2.08. The van der Waals surface area contributed by atoms with Crippen LogP contribution in [0.25, 0.3) is 10.4 Å². The van der Waals surface area contributed by atoms with Crippen molar-refractivity contribution in [1.29, 1.82) is 0 Å². The molecule has 0 spiro atoms. The Balaban J connectivity index is 3.14. The molecule has 0 amide bonds. The van der Waals surface area contributed by atoms with Crippen LogP contribution in [-0.4, -0.2) is 11.7 Å². The van der Waals surface area contributed by atoms with Crippen LogP contribution >= 0.6 is 0 Å². The second kappa shape index (κ2) is 4.55. The summed E-state index contributed by atoms with van der Waals surface area (Å²) < 4.78 is 25.8. The summed E-state index contributed by atoms with van der Waals surface area (Å²) in [4.78, 5) is 2.43. The normalized spacial score (nSPS) is 11.9. The highest BCUT2D eigenvalue weighted by molar-refractivity contribution is 5.22. The maximum Gasteiger partial charge on any atom is 0.127 e. The van der Waals surface area contributed by atoms with Gasteiger partial charge in [0.05, 0.1) is 12.6 Å². The topological polar surface area (TPSA) is 69.0 Å². The third-order valence-electron chi connectivity index (χ3n) is 1.68. The highest BCUT2D eigenvalue weighted by Crippen LogP contribution is 2.21. The first-order chi connectivity index (χ1) is 6.69. The van der Waals surface area contributed by atoms with E-state index < -0.39 is 24.3 Å². The van der Waals surface area contributed by atoms with E-state index in [4.69, 9.17) is 10.6 Å². The molecule has 4 nitrogen and oxygen atoms in total. The molecule has 6 heteroatoms. The molecule has 0 saturated carbocycles. The van der Waals surface area contributed by atoms with E-state index in [-0.39, 0.29) is 5.56 Å². The van der Waals surface area contributed by atoms with Crippen molar-refractivity contribution in [3.8, 4) is 0 Å². The zero-order valence-electron chi connectivity index (χ0n) is 7.06. The van der Waals surface area contributed by atoms with E-state index in [9.17, 15) is 8.78 Å². The van der Waals surface area contributed by atoms with Crippen molar-refractivity contribution in [2.24, 2.45) is 5.11 Å². The van der Waals surface area contributed by atoms with Crippen LogP contribution in [0.5, 0.6) is 0 Å². The molecular weight excluding hydrogens is 192 g/mol. The Hall–Kier alpha value is -1.65. The molecule has 0 aliphatic rings. The summed E-state index contributed by atoms with van der Waals surface area (Å²) in [7, 11) is 0. The number of aliphatic hydroxyl groups excluding tert-OH is 1. The Morgan fingerprint density at radius 2 is 2.21 bits per heavy atom. The fraction of sp³-hybridized carbons (Fsp3) is 0.250. The van der Waals surface area contributed by atoms with E-state index in [1.165, 1.54) is 0 Å². The summed E-state index contributed by atoms with van der Waals surface area (Å²) in [5.41, 5.74) is 7.97. The molecule has 1 rings (SSSR count). The first-order valence-electron chi connectivity index (χ1n) is 3.79. The first-order valence-corrected chi connectivity index (χ1v) is 3.79. The molecule has 0 radical (unpaired) electrons. The minimum absolute atomic E-state index is 0.148. The second-order valence-electron chi connectivity index (χ2n) is 2.57. The van der Waals surface area contributed by atoms with Crippen molar-refractivity contribution in [2.75, 3.05) is 6.61 Å². The number of azide groups is 1. The summed E-state index contributed by atoms with van der Waals surface area (Å²) in [6.45, 7) is -0.565. The molecule has 1 aromatic carbocycles. The van der Waals surface area contributed by atoms with E-state index in [1.54, 1.807) is 0 Å². The molecule has 1 N–H and O–H groups in total. The van der Waals surface area contributed by atoms with Crippen LogP contribution in [0.2, 0.25) is 0 Å². The maximum absolute atomic E-state index is 13.1. The summed E-state index contributed by atoms with van der Waals surface area (Å²) >= 11 is 0. The van der Waals surface area contributed by atoms with Crippen LogP contribution in [0.4, 0.5) is 8.78 Å². The van der Waals surface area contributed by atoms with Crippen molar-refractivity contribution >= 4 is 0 Å². The summed E-state index contributed by atoms with van der Waals surface area (Å²) in [6, 6.07) is 1.67. The molecule has 0 aromatic heterocycles. The SMILES string of the molecule is [N-]=[N+]=NC(CO)c1cc(F)ccc1F. The Bertz CT molecular complexity index is 377. The van der Waals surface area contributed by atoms with Gasteiger partial charge in [0.1, 0.15) is 11.6 Å². The van der Waals surface area contributed by atoms with Crippen molar-refractivity contribution in [3.63, 3.8) is 0 Å². The number of halogens is 2. The van der Waals surface area contributed by atoms with Gasteiger partial charge in [0.2, 0.25) is 0 Å². The first kappa shape index (κ1) is 10.4. The van der Waals surface area contributed by atoms with Gasteiger partial charge in [0, 0.05) is 10.5 Å². The average Bonchev–Trinajstić information content (AvgIpc) is 2.18. The second-order valence-corrected chi connectivity index (χ2v) is 2.57. The Morgan fingerprint density at radius 3 is 2.79 bits per heavy atom. The number of hydrogen-bond acceptors (Lipinski definition) is 2. The molecule has 74 valence electrons. The molecule has 0 saturated heterocycles. The smallest absolute Gasteiger partial charge is 0.127 e. The van der Waals surface area contributed by atoms with Crippen molar-refractivity contribution in [2.45, 2.75) is 6.04 Å². The van der Waals surface area contributed by atoms with Gasteiger partial charge in [-0.2, -0.15) is 0 Å². The fourth-order valence-corrected chi connectivity index (χ4v) is 1.03. The number of nitrogens with zero attached hydrogens (tertiary/aromatic N) is 3. The monoisotopic (exact) mass is 199 g/mol. The Morgan fingerprint density at radius 1 is 1.50 bits per heavy atom. The van der Waals surface area contributed by atoms with Gasteiger partial charge in [0.15, 0.2) is 0 Å². The summed E-state index contributed by atoms with van der Waals surface area (Å²) in [5, 5.41) is 11.9. The maximum atomic E-state index is 13.1. The summed E-state index contributed by atoms with van der Waals surface area (Å²) in [6.07, 6.45) is 0. The molecule has 14 heavy (non-hydrogen) atoms. The van der Waals surface area contributed by atoms with Crippen LogP contribution in [0.15, 0.2) is 23.3 Å². The van der Waals surface area contributed by atoms with Crippen LogP contribution in [0.3, 0.4) is 0 Å². The highest BCUT2D eigenvalue weighted by Gasteiger charge is 2.13. The van der Waals surface area contributed by atoms with E-state index in [1.807, 2.05) is 0 Å².